The zero-order valence-corrected chi connectivity index (χ0v) is 9.85. The Morgan fingerprint density at radius 3 is 2.82 bits per heavy atom. The quantitative estimate of drug-likeness (QED) is 0.737. The van der Waals surface area contributed by atoms with E-state index < -0.39 is 11.9 Å². The third-order valence-electron chi connectivity index (χ3n) is 2.28. The zero-order valence-electron chi connectivity index (χ0n) is 9.85. The molecular weight excluding hydrogens is 218 g/mol. The molecule has 1 unspecified atom stereocenters. The SMILES string of the molecule is C=C(C)COc1cccc(C(CN)C(=O)O)c1. The summed E-state index contributed by atoms with van der Waals surface area (Å²) in [5, 5.41) is 9.00. The molecule has 0 heterocycles. The first kappa shape index (κ1) is 13.3. The minimum Gasteiger partial charge on any atom is -0.489 e. The molecule has 0 saturated carbocycles. The first-order valence-corrected chi connectivity index (χ1v) is 5.34. The fraction of sp³-hybridized carbons (Fsp3) is 0.308. The fourth-order valence-corrected chi connectivity index (χ4v) is 1.41. The number of hydrogen-bond donors (Lipinski definition) is 2. The topological polar surface area (TPSA) is 72.5 Å². The number of aliphatic carboxylic acids is 1. The molecule has 3 N–H and O–H groups in total. The molecule has 1 aromatic carbocycles. The number of carboxylic acid groups (broad SMARTS) is 1. The second-order valence-corrected chi connectivity index (χ2v) is 3.94. The molecule has 0 bridgehead atoms. The molecule has 17 heavy (non-hydrogen) atoms. The van der Waals surface area contributed by atoms with E-state index >= 15 is 0 Å². The van der Waals surface area contributed by atoms with Crippen molar-refractivity contribution in [2.24, 2.45) is 5.73 Å². The maximum absolute atomic E-state index is 11.0. The summed E-state index contributed by atoms with van der Waals surface area (Å²) in [6.45, 7) is 6.09. The number of hydrogen-bond acceptors (Lipinski definition) is 3. The summed E-state index contributed by atoms with van der Waals surface area (Å²) in [5.41, 5.74) is 7.00. The van der Waals surface area contributed by atoms with Crippen LogP contribution in [0.3, 0.4) is 0 Å². The lowest BCUT2D eigenvalue weighted by Crippen LogP contribution is -2.21. The van der Waals surface area contributed by atoms with E-state index in [0.29, 0.717) is 17.9 Å². The Kier molecular flexibility index (Phi) is 4.72. The lowest BCUT2D eigenvalue weighted by Gasteiger charge is -2.12. The molecule has 0 amide bonds. The second-order valence-electron chi connectivity index (χ2n) is 3.94. The minimum atomic E-state index is -0.926. The molecular formula is C13H17NO3. The van der Waals surface area contributed by atoms with Gasteiger partial charge in [-0.1, -0.05) is 18.7 Å². The van der Waals surface area contributed by atoms with E-state index in [1.165, 1.54) is 0 Å². The van der Waals surface area contributed by atoms with Gasteiger partial charge in [0.1, 0.15) is 12.4 Å². The largest absolute Gasteiger partial charge is 0.489 e. The van der Waals surface area contributed by atoms with Crippen molar-refractivity contribution in [1.82, 2.24) is 0 Å². The Hall–Kier alpha value is -1.81. The van der Waals surface area contributed by atoms with Crippen molar-refractivity contribution in [3.63, 3.8) is 0 Å². The molecule has 0 aliphatic rings. The Balaban J connectivity index is 2.84. The van der Waals surface area contributed by atoms with E-state index in [0.717, 1.165) is 5.57 Å². The van der Waals surface area contributed by atoms with Crippen LogP contribution in [-0.4, -0.2) is 24.2 Å². The second kappa shape index (κ2) is 6.06. The highest BCUT2D eigenvalue weighted by Crippen LogP contribution is 2.21. The highest BCUT2D eigenvalue weighted by Gasteiger charge is 2.18. The van der Waals surface area contributed by atoms with E-state index in [2.05, 4.69) is 6.58 Å². The van der Waals surface area contributed by atoms with Crippen LogP contribution in [0.1, 0.15) is 18.4 Å². The highest BCUT2D eigenvalue weighted by atomic mass is 16.5. The Bertz CT molecular complexity index is 415. The van der Waals surface area contributed by atoms with Crippen molar-refractivity contribution in [3.8, 4) is 5.75 Å². The lowest BCUT2D eigenvalue weighted by atomic mass is 9.99. The molecule has 0 aliphatic carbocycles. The molecule has 0 spiro atoms. The van der Waals surface area contributed by atoms with Crippen LogP contribution >= 0.6 is 0 Å². The van der Waals surface area contributed by atoms with Gasteiger partial charge in [0.15, 0.2) is 0 Å². The van der Waals surface area contributed by atoms with Gasteiger partial charge in [0, 0.05) is 6.54 Å². The Morgan fingerprint density at radius 1 is 1.59 bits per heavy atom. The van der Waals surface area contributed by atoms with Crippen LogP contribution in [0.4, 0.5) is 0 Å². The van der Waals surface area contributed by atoms with Crippen molar-refractivity contribution >= 4 is 5.97 Å². The minimum absolute atomic E-state index is 0.0687. The maximum atomic E-state index is 11.0. The van der Waals surface area contributed by atoms with Crippen LogP contribution in [-0.2, 0) is 4.79 Å². The van der Waals surface area contributed by atoms with Gasteiger partial charge in [-0.3, -0.25) is 4.79 Å². The smallest absolute Gasteiger partial charge is 0.312 e. The van der Waals surface area contributed by atoms with Crippen LogP contribution in [0.5, 0.6) is 5.75 Å². The van der Waals surface area contributed by atoms with Crippen molar-refractivity contribution in [2.45, 2.75) is 12.8 Å². The van der Waals surface area contributed by atoms with Crippen molar-refractivity contribution in [1.29, 1.82) is 0 Å². The number of ether oxygens (including phenoxy) is 1. The van der Waals surface area contributed by atoms with Gasteiger partial charge in [-0.25, -0.2) is 0 Å². The Labute approximate surface area is 101 Å². The van der Waals surface area contributed by atoms with Gasteiger partial charge >= 0.3 is 5.97 Å². The molecule has 4 nitrogen and oxygen atoms in total. The summed E-state index contributed by atoms with van der Waals surface area (Å²) in [5.74, 6) is -0.988. The maximum Gasteiger partial charge on any atom is 0.312 e. The molecule has 0 aliphatic heterocycles. The van der Waals surface area contributed by atoms with Gasteiger partial charge in [0.25, 0.3) is 0 Å². The third-order valence-corrected chi connectivity index (χ3v) is 2.28. The van der Waals surface area contributed by atoms with E-state index in [1.54, 1.807) is 24.3 Å². The summed E-state index contributed by atoms with van der Waals surface area (Å²) in [7, 11) is 0. The summed E-state index contributed by atoms with van der Waals surface area (Å²) in [4.78, 5) is 11.0. The molecule has 4 heteroatoms. The summed E-state index contributed by atoms with van der Waals surface area (Å²) < 4.78 is 5.45. The van der Waals surface area contributed by atoms with E-state index in [1.807, 2.05) is 6.92 Å². The molecule has 0 aromatic heterocycles. The molecule has 0 saturated heterocycles. The fourth-order valence-electron chi connectivity index (χ4n) is 1.41. The summed E-state index contributed by atoms with van der Waals surface area (Å²) in [6.07, 6.45) is 0. The average molecular weight is 235 g/mol. The summed E-state index contributed by atoms with van der Waals surface area (Å²) in [6, 6.07) is 6.98. The molecule has 1 aromatic rings. The van der Waals surface area contributed by atoms with Crippen molar-refractivity contribution in [2.75, 3.05) is 13.2 Å². The van der Waals surface area contributed by atoms with Gasteiger partial charge < -0.3 is 15.6 Å². The van der Waals surface area contributed by atoms with Crippen LogP contribution < -0.4 is 10.5 Å². The normalized spacial score (nSPS) is 11.9. The molecule has 0 fully saturated rings. The van der Waals surface area contributed by atoms with Crippen LogP contribution in [0.25, 0.3) is 0 Å². The van der Waals surface area contributed by atoms with Crippen molar-refractivity contribution in [3.05, 3.63) is 42.0 Å². The Morgan fingerprint density at radius 2 is 2.29 bits per heavy atom. The van der Waals surface area contributed by atoms with Gasteiger partial charge in [0.2, 0.25) is 0 Å². The summed E-state index contributed by atoms with van der Waals surface area (Å²) >= 11 is 0. The first-order valence-electron chi connectivity index (χ1n) is 5.34. The van der Waals surface area contributed by atoms with E-state index in [4.69, 9.17) is 15.6 Å². The van der Waals surface area contributed by atoms with E-state index in [9.17, 15) is 4.79 Å². The number of nitrogens with two attached hydrogens (primary N) is 1. The number of benzene rings is 1. The van der Waals surface area contributed by atoms with Gasteiger partial charge in [-0.15, -0.1) is 0 Å². The van der Waals surface area contributed by atoms with Crippen molar-refractivity contribution < 1.29 is 14.6 Å². The lowest BCUT2D eigenvalue weighted by molar-refractivity contribution is -0.138. The average Bonchev–Trinajstić information content (AvgIpc) is 2.27. The van der Waals surface area contributed by atoms with Gasteiger partial charge in [0.05, 0.1) is 5.92 Å². The van der Waals surface area contributed by atoms with Gasteiger partial charge in [-0.2, -0.15) is 0 Å². The first-order chi connectivity index (χ1) is 8.04. The molecule has 1 atom stereocenters. The predicted octanol–water partition coefficient (Wildman–Crippen LogP) is 1.77. The number of carbonyl (C=O) groups is 1. The monoisotopic (exact) mass is 235 g/mol. The third kappa shape index (κ3) is 3.92. The molecule has 92 valence electrons. The number of rotatable bonds is 6. The predicted molar refractivity (Wildman–Crippen MR) is 66.2 cm³/mol. The van der Waals surface area contributed by atoms with Crippen LogP contribution in [0.15, 0.2) is 36.4 Å². The van der Waals surface area contributed by atoms with E-state index in [-0.39, 0.29) is 6.54 Å². The number of carboxylic acids is 1. The van der Waals surface area contributed by atoms with Gasteiger partial charge in [-0.05, 0) is 30.2 Å². The zero-order chi connectivity index (χ0) is 12.8. The molecule has 1 rings (SSSR count). The molecule has 0 radical (unpaired) electrons. The highest BCUT2D eigenvalue weighted by molar-refractivity contribution is 5.76. The standard InChI is InChI=1S/C13H17NO3/c1-9(2)8-17-11-5-3-4-10(6-11)12(7-14)13(15)16/h3-6,12H,1,7-8,14H2,2H3,(H,15,16). The van der Waals surface area contributed by atoms with Crippen LogP contribution in [0, 0.1) is 0 Å². The van der Waals surface area contributed by atoms with Crippen LogP contribution in [0.2, 0.25) is 0 Å².